The van der Waals surface area contributed by atoms with Crippen LogP contribution in [0, 0.1) is 11.3 Å². The highest BCUT2D eigenvalue weighted by Crippen LogP contribution is 2.36. The maximum atomic E-state index is 3.63. The minimum absolute atomic E-state index is 0.641. The van der Waals surface area contributed by atoms with Crippen molar-refractivity contribution >= 4 is 11.8 Å². The molecule has 0 amide bonds. The number of nitrogens with zero attached hydrogens (tertiary/aromatic N) is 1. The second kappa shape index (κ2) is 5.50. The van der Waals surface area contributed by atoms with E-state index in [1.807, 2.05) is 0 Å². The average molecular weight is 254 g/mol. The highest BCUT2D eigenvalue weighted by atomic mass is 32.2. The summed E-state index contributed by atoms with van der Waals surface area (Å²) in [5.74, 6) is 3.82. The van der Waals surface area contributed by atoms with Gasteiger partial charge in [0.05, 0.1) is 0 Å². The third-order valence-electron chi connectivity index (χ3n) is 4.84. The third-order valence-corrected chi connectivity index (χ3v) is 6.07. The van der Waals surface area contributed by atoms with Crippen LogP contribution >= 0.6 is 11.8 Å². The molecule has 0 bridgehead atoms. The number of thioether (sulfide) groups is 1. The standard InChI is InChI=1S/C14H26N2S/c1-4-14(11-15-6-1)5-2-7-16(12-14)9-13-3-8-17-10-13/h13,15H,1-12H2. The number of hydrogen-bond acceptors (Lipinski definition) is 3. The Morgan fingerprint density at radius 1 is 1.29 bits per heavy atom. The van der Waals surface area contributed by atoms with Crippen molar-refractivity contribution in [2.45, 2.75) is 32.1 Å². The van der Waals surface area contributed by atoms with E-state index in [1.165, 1.54) is 76.3 Å². The van der Waals surface area contributed by atoms with E-state index < -0.39 is 0 Å². The Balaban J connectivity index is 1.55. The van der Waals surface area contributed by atoms with Crippen molar-refractivity contribution in [3.63, 3.8) is 0 Å². The molecule has 3 heteroatoms. The highest BCUT2D eigenvalue weighted by Gasteiger charge is 2.37. The van der Waals surface area contributed by atoms with Crippen molar-refractivity contribution < 1.29 is 0 Å². The maximum absolute atomic E-state index is 3.63. The molecule has 3 fully saturated rings. The quantitative estimate of drug-likeness (QED) is 0.813. The van der Waals surface area contributed by atoms with Gasteiger partial charge in [-0.1, -0.05) is 0 Å². The Morgan fingerprint density at radius 3 is 3.00 bits per heavy atom. The highest BCUT2D eigenvalue weighted by molar-refractivity contribution is 7.99. The average Bonchev–Trinajstić information content (AvgIpc) is 2.83. The molecule has 0 aliphatic carbocycles. The molecule has 2 atom stereocenters. The van der Waals surface area contributed by atoms with Crippen LogP contribution in [0.4, 0.5) is 0 Å². The Kier molecular flexibility index (Phi) is 3.98. The third kappa shape index (κ3) is 2.99. The van der Waals surface area contributed by atoms with E-state index in [4.69, 9.17) is 0 Å². The van der Waals surface area contributed by atoms with Crippen LogP contribution in [-0.2, 0) is 0 Å². The van der Waals surface area contributed by atoms with Crippen LogP contribution in [0.5, 0.6) is 0 Å². The first kappa shape index (κ1) is 12.3. The lowest BCUT2D eigenvalue weighted by Gasteiger charge is -2.46. The zero-order valence-corrected chi connectivity index (χ0v) is 11.7. The summed E-state index contributed by atoms with van der Waals surface area (Å²) in [6, 6.07) is 0. The minimum atomic E-state index is 0.641. The summed E-state index contributed by atoms with van der Waals surface area (Å²) >= 11 is 2.16. The molecule has 98 valence electrons. The number of piperidine rings is 2. The predicted octanol–water partition coefficient (Wildman–Crippen LogP) is 2.21. The lowest BCUT2D eigenvalue weighted by molar-refractivity contribution is 0.0570. The van der Waals surface area contributed by atoms with Crippen molar-refractivity contribution in [2.24, 2.45) is 11.3 Å². The molecule has 3 saturated heterocycles. The van der Waals surface area contributed by atoms with E-state index in [1.54, 1.807) is 0 Å². The number of rotatable bonds is 2. The van der Waals surface area contributed by atoms with Crippen LogP contribution in [0.2, 0.25) is 0 Å². The first-order valence-electron chi connectivity index (χ1n) is 7.37. The summed E-state index contributed by atoms with van der Waals surface area (Å²) in [6.45, 7) is 6.66. The molecule has 3 rings (SSSR count). The van der Waals surface area contributed by atoms with Crippen molar-refractivity contribution in [3.05, 3.63) is 0 Å². The molecule has 3 aliphatic heterocycles. The van der Waals surface area contributed by atoms with Crippen molar-refractivity contribution in [1.82, 2.24) is 10.2 Å². The Morgan fingerprint density at radius 2 is 2.24 bits per heavy atom. The van der Waals surface area contributed by atoms with Crippen LogP contribution in [0.25, 0.3) is 0 Å². The molecule has 17 heavy (non-hydrogen) atoms. The maximum Gasteiger partial charge on any atom is 0.00503 e. The van der Waals surface area contributed by atoms with Crippen LogP contribution in [0.1, 0.15) is 32.1 Å². The van der Waals surface area contributed by atoms with Gasteiger partial charge < -0.3 is 10.2 Å². The van der Waals surface area contributed by atoms with Crippen molar-refractivity contribution in [2.75, 3.05) is 44.2 Å². The molecule has 0 aromatic carbocycles. The zero-order chi connectivity index (χ0) is 11.6. The number of likely N-dealkylation sites (tertiary alicyclic amines) is 1. The summed E-state index contributed by atoms with van der Waals surface area (Å²) in [6.07, 6.45) is 7.23. The van der Waals surface area contributed by atoms with Gasteiger partial charge in [-0.15, -0.1) is 0 Å². The molecule has 2 unspecified atom stereocenters. The first-order valence-corrected chi connectivity index (χ1v) is 8.53. The van der Waals surface area contributed by atoms with Gasteiger partial charge in [0.2, 0.25) is 0 Å². The molecule has 0 aromatic heterocycles. The van der Waals surface area contributed by atoms with Gasteiger partial charge in [-0.05, 0) is 68.0 Å². The van der Waals surface area contributed by atoms with Crippen LogP contribution in [-0.4, -0.2) is 49.1 Å². The Labute approximate surface area is 110 Å². The van der Waals surface area contributed by atoms with Gasteiger partial charge in [0, 0.05) is 19.6 Å². The van der Waals surface area contributed by atoms with E-state index >= 15 is 0 Å². The van der Waals surface area contributed by atoms with Gasteiger partial charge >= 0.3 is 0 Å². The normalized spacial score (nSPS) is 39.9. The van der Waals surface area contributed by atoms with E-state index in [9.17, 15) is 0 Å². The molecule has 0 aromatic rings. The molecule has 2 nitrogen and oxygen atoms in total. The summed E-state index contributed by atoms with van der Waals surface area (Å²) in [4.78, 5) is 2.78. The topological polar surface area (TPSA) is 15.3 Å². The fourth-order valence-corrected chi connectivity index (χ4v) is 5.21. The number of hydrogen-bond donors (Lipinski definition) is 1. The van der Waals surface area contributed by atoms with Crippen LogP contribution < -0.4 is 5.32 Å². The SMILES string of the molecule is C1CNCC2(C1)CCCN(CC1CCSC1)C2. The smallest absolute Gasteiger partial charge is 0.00503 e. The van der Waals surface area contributed by atoms with Gasteiger partial charge in [0.1, 0.15) is 0 Å². The van der Waals surface area contributed by atoms with Crippen LogP contribution in [0.15, 0.2) is 0 Å². The van der Waals surface area contributed by atoms with E-state index in [0.29, 0.717) is 5.41 Å². The summed E-state index contributed by atoms with van der Waals surface area (Å²) in [5, 5.41) is 3.63. The second-order valence-corrected chi connectivity index (χ2v) is 7.50. The zero-order valence-electron chi connectivity index (χ0n) is 10.9. The van der Waals surface area contributed by atoms with Gasteiger partial charge in [0.25, 0.3) is 0 Å². The van der Waals surface area contributed by atoms with E-state index in [-0.39, 0.29) is 0 Å². The van der Waals surface area contributed by atoms with Crippen molar-refractivity contribution in [1.29, 1.82) is 0 Å². The summed E-state index contributed by atoms with van der Waals surface area (Å²) in [5.41, 5.74) is 0.641. The van der Waals surface area contributed by atoms with Gasteiger partial charge in [0.15, 0.2) is 0 Å². The molecule has 0 saturated carbocycles. The number of nitrogens with one attached hydrogen (secondary N) is 1. The Bertz CT molecular complexity index is 239. The fourth-order valence-electron chi connectivity index (χ4n) is 3.94. The van der Waals surface area contributed by atoms with Crippen LogP contribution in [0.3, 0.4) is 0 Å². The van der Waals surface area contributed by atoms with Crippen molar-refractivity contribution in [3.8, 4) is 0 Å². The molecule has 3 heterocycles. The van der Waals surface area contributed by atoms with Gasteiger partial charge in [-0.3, -0.25) is 0 Å². The lowest BCUT2D eigenvalue weighted by atomic mass is 9.74. The second-order valence-electron chi connectivity index (χ2n) is 6.35. The predicted molar refractivity (Wildman–Crippen MR) is 75.6 cm³/mol. The van der Waals surface area contributed by atoms with Gasteiger partial charge in [-0.2, -0.15) is 11.8 Å². The largest absolute Gasteiger partial charge is 0.316 e. The fraction of sp³-hybridized carbons (Fsp3) is 1.00. The lowest BCUT2D eigenvalue weighted by Crippen LogP contribution is -2.51. The molecular formula is C14H26N2S. The molecular weight excluding hydrogens is 228 g/mol. The first-order chi connectivity index (χ1) is 8.36. The van der Waals surface area contributed by atoms with E-state index in [2.05, 4.69) is 22.0 Å². The monoisotopic (exact) mass is 254 g/mol. The minimum Gasteiger partial charge on any atom is -0.316 e. The summed E-state index contributed by atoms with van der Waals surface area (Å²) < 4.78 is 0. The van der Waals surface area contributed by atoms with Gasteiger partial charge in [-0.25, -0.2) is 0 Å². The molecule has 1 N–H and O–H groups in total. The van der Waals surface area contributed by atoms with E-state index in [0.717, 1.165) is 5.92 Å². The molecule has 0 radical (unpaired) electrons. The summed E-state index contributed by atoms with van der Waals surface area (Å²) in [7, 11) is 0. The molecule has 1 spiro atoms. The molecule has 3 aliphatic rings. The Hall–Kier alpha value is 0.270.